The zero-order valence-electron chi connectivity index (χ0n) is 46.6. The molecular weight excluding hydrogens is 976 g/mol. The van der Waals surface area contributed by atoms with Gasteiger partial charge in [0.25, 0.3) is 0 Å². The number of hydrogen-bond donors (Lipinski definition) is 2. The first kappa shape index (κ1) is 70.8. The normalized spacial score (nSPS) is 14.6. The van der Waals surface area contributed by atoms with Gasteiger partial charge in [0, 0.05) is 12.8 Å². The van der Waals surface area contributed by atoms with Gasteiger partial charge in [0.15, 0.2) is 6.10 Å². The number of esters is 3. The Bertz CT molecular complexity index is 1920. The molecule has 2 N–H and O–H groups in total. The van der Waals surface area contributed by atoms with Gasteiger partial charge in [0.1, 0.15) is 12.7 Å². The summed E-state index contributed by atoms with van der Waals surface area (Å²) in [5.74, 6) is -1.73. The van der Waals surface area contributed by atoms with Gasteiger partial charge in [-0.1, -0.05) is 197 Å². The predicted octanol–water partition coefficient (Wildman–Crippen LogP) is 16.7. The molecule has 3 atom stereocenters. The van der Waals surface area contributed by atoms with Gasteiger partial charge in [-0.05, 0) is 128 Å². The Balaban J connectivity index is 4.97. The number of allylic oxidation sites excluding steroid dienone is 27. The molecule has 0 amide bonds. The van der Waals surface area contributed by atoms with Crippen LogP contribution >= 0.6 is 7.82 Å². The highest BCUT2D eigenvalue weighted by Gasteiger charge is 2.28. The second-order valence-corrected chi connectivity index (χ2v) is 19.1. The lowest BCUT2D eigenvalue weighted by Gasteiger charge is -2.21. The first-order chi connectivity index (χ1) is 37.2. The molecule has 0 saturated heterocycles. The van der Waals surface area contributed by atoms with Crippen LogP contribution in [0.5, 0.6) is 0 Å². The summed E-state index contributed by atoms with van der Waals surface area (Å²) in [6, 6.07) is 0. The van der Waals surface area contributed by atoms with Gasteiger partial charge in [0.05, 0.1) is 26.2 Å². The molecule has 12 heteroatoms. The van der Waals surface area contributed by atoms with Crippen LogP contribution in [0.15, 0.2) is 170 Å². The summed E-state index contributed by atoms with van der Waals surface area (Å²) in [6.07, 6.45) is 74.9. The van der Waals surface area contributed by atoms with E-state index in [2.05, 4.69) is 173 Å². The van der Waals surface area contributed by atoms with Crippen LogP contribution in [0, 0.1) is 0 Å². The standard InChI is InChI=1S/C64H97O11P/c1-4-7-10-13-16-19-22-25-28-29-30-31-34-37-40-43-46-49-52-55-64(68)75-61(57-71-62(66)53-50-47-44-41-38-35-32-26-23-20-17-14-11-8-5-2)59-73-76(69,70)72-58-60(56-65)74-63(67)54-51-48-45-42-39-36-33-27-24-21-18-15-12-9-6-3/h7-12,16-21,25-28,30-33,37-42,47,50,60-61,65H,4-6,13-15,22-24,29,34-36,43-46,48-49,51-59H2,1-3H3,(H,69,70)/b10-7-,11-8-,12-9-,19-16-,20-17-,21-18-,28-25-,31-30-,32-26-,33-27-,40-37-,41-38-,42-39-,50-47-. The maximum absolute atomic E-state index is 12.9. The van der Waals surface area contributed by atoms with Crippen LogP contribution in [0.25, 0.3) is 0 Å². The summed E-state index contributed by atoms with van der Waals surface area (Å²) in [5.41, 5.74) is 0. The van der Waals surface area contributed by atoms with E-state index in [1.807, 2.05) is 12.2 Å². The van der Waals surface area contributed by atoms with Crippen LogP contribution < -0.4 is 0 Å². The smallest absolute Gasteiger partial charge is 0.461 e. The average Bonchev–Trinajstić information content (AvgIpc) is 3.41. The quantitative estimate of drug-likeness (QED) is 0.0197. The van der Waals surface area contributed by atoms with Crippen molar-refractivity contribution in [1.29, 1.82) is 0 Å². The van der Waals surface area contributed by atoms with E-state index in [0.717, 1.165) is 116 Å². The largest absolute Gasteiger partial charge is 0.472 e. The van der Waals surface area contributed by atoms with Crippen LogP contribution in [0.2, 0.25) is 0 Å². The minimum absolute atomic E-state index is 0.0267. The van der Waals surface area contributed by atoms with E-state index in [0.29, 0.717) is 19.3 Å². The number of aliphatic hydroxyl groups is 1. The number of rotatable bonds is 49. The highest BCUT2D eigenvalue weighted by Crippen LogP contribution is 2.43. The fourth-order valence-electron chi connectivity index (χ4n) is 6.50. The van der Waals surface area contributed by atoms with Crippen LogP contribution in [0.1, 0.15) is 175 Å². The highest BCUT2D eigenvalue weighted by atomic mass is 31.2. The van der Waals surface area contributed by atoms with Crippen molar-refractivity contribution in [2.75, 3.05) is 26.4 Å². The lowest BCUT2D eigenvalue weighted by molar-refractivity contribution is -0.161. The van der Waals surface area contributed by atoms with Crippen molar-refractivity contribution in [3.63, 3.8) is 0 Å². The van der Waals surface area contributed by atoms with Crippen molar-refractivity contribution in [2.45, 2.75) is 187 Å². The van der Waals surface area contributed by atoms with E-state index in [4.69, 9.17) is 23.3 Å². The highest BCUT2D eigenvalue weighted by molar-refractivity contribution is 7.47. The Kier molecular flexibility index (Phi) is 52.2. The van der Waals surface area contributed by atoms with Crippen molar-refractivity contribution in [1.82, 2.24) is 0 Å². The molecule has 3 unspecified atom stereocenters. The number of phosphoric ester groups is 1. The Morgan fingerprint density at radius 3 is 1.05 bits per heavy atom. The minimum atomic E-state index is -4.80. The summed E-state index contributed by atoms with van der Waals surface area (Å²) in [7, 11) is -4.80. The van der Waals surface area contributed by atoms with Gasteiger partial charge in [-0.2, -0.15) is 0 Å². The van der Waals surface area contributed by atoms with Crippen molar-refractivity contribution in [3.05, 3.63) is 170 Å². The van der Waals surface area contributed by atoms with Crippen LogP contribution in [-0.4, -0.2) is 66.5 Å². The van der Waals surface area contributed by atoms with E-state index in [1.165, 1.54) is 0 Å². The monoisotopic (exact) mass is 1070 g/mol. The number of unbranched alkanes of at least 4 members (excludes halogenated alkanes) is 5. The number of hydrogen-bond acceptors (Lipinski definition) is 10. The fraction of sp³-hybridized carbons (Fsp3) is 0.516. The van der Waals surface area contributed by atoms with Crippen LogP contribution in [-0.2, 0) is 42.2 Å². The third-order valence-corrected chi connectivity index (χ3v) is 11.6. The predicted molar refractivity (Wildman–Crippen MR) is 315 cm³/mol. The van der Waals surface area contributed by atoms with Crippen molar-refractivity contribution >= 4 is 25.7 Å². The molecule has 0 bridgehead atoms. The molecule has 0 aliphatic heterocycles. The minimum Gasteiger partial charge on any atom is -0.461 e. The summed E-state index contributed by atoms with van der Waals surface area (Å²) in [6.45, 7) is 4.06. The van der Waals surface area contributed by atoms with Gasteiger partial charge in [0.2, 0.25) is 0 Å². The molecular formula is C64H97O11P. The molecule has 0 spiro atoms. The van der Waals surface area contributed by atoms with Gasteiger partial charge < -0.3 is 24.2 Å². The molecule has 424 valence electrons. The van der Waals surface area contributed by atoms with Gasteiger partial charge in [-0.3, -0.25) is 23.4 Å². The SMILES string of the molecule is CC/C=C\C/C=C\C/C=C\C/C=C\C/C=C\CCCCCC(=O)OC(COC(=O)C/C=C\C/C=C\C/C=C\C/C=C\C/C=C\CC)COP(=O)(O)OCC(CO)OC(=O)CCCC/C=C\C/C=C\C/C=C\C/C=C\CC. The van der Waals surface area contributed by atoms with E-state index >= 15 is 0 Å². The van der Waals surface area contributed by atoms with Crippen molar-refractivity contribution < 1.29 is 52.2 Å². The third kappa shape index (κ3) is 53.7. The number of carbonyl (C=O) groups is 3. The fourth-order valence-corrected chi connectivity index (χ4v) is 7.29. The zero-order valence-corrected chi connectivity index (χ0v) is 47.5. The second kappa shape index (κ2) is 56.1. The zero-order chi connectivity index (χ0) is 55.5. The number of phosphoric acid groups is 1. The van der Waals surface area contributed by atoms with Crippen LogP contribution in [0.4, 0.5) is 0 Å². The Labute approximate surface area is 459 Å². The van der Waals surface area contributed by atoms with Crippen LogP contribution in [0.3, 0.4) is 0 Å². The molecule has 0 radical (unpaired) electrons. The molecule has 0 fully saturated rings. The average molecular weight is 1070 g/mol. The number of ether oxygens (including phenoxy) is 3. The van der Waals surface area contributed by atoms with E-state index in [9.17, 15) is 28.9 Å². The number of aliphatic hydroxyl groups excluding tert-OH is 1. The summed E-state index contributed by atoms with van der Waals surface area (Å²) in [5, 5.41) is 9.80. The Morgan fingerprint density at radius 2 is 0.684 bits per heavy atom. The Hall–Kier alpha value is -5.16. The molecule has 0 aromatic rings. The lowest BCUT2D eigenvalue weighted by atomic mass is 10.1. The molecule has 76 heavy (non-hydrogen) atoms. The van der Waals surface area contributed by atoms with Gasteiger partial charge >= 0.3 is 25.7 Å². The summed E-state index contributed by atoms with van der Waals surface area (Å²) < 4.78 is 39.3. The third-order valence-electron chi connectivity index (χ3n) is 10.6. The van der Waals surface area contributed by atoms with E-state index in [1.54, 1.807) is 6.08 Å². The van der Waals surface area contributed by atoms with Gasteiger partial charge in [-0.25, -0.2) is 4.57 Å². The number of carbonyl (C=O) groups excluding carboxylic acids is 3. The molecule has 0 saturated carbocycles. The first-order valence-corrected chi connectivity index (χ1v) is 29.5. The molecule has 0 aliphatic rings. The molecule has 0 aliphatic carbocycles. The maximum Gasteiger partial charge on any atom is 0.472 e. The summed E-state index contributed by atoms with van der Waals surface area (Å²) in [4.78, 5) is 48.4. The topological polar surface area (TPSA) is 155 Å². The van der Waals surface area contributed by atoms with Gasteiger partial charge in [-0.15, -0.1) is 0 Å². The Morgan fingerprint density at radius 1 is 0.382 bits per heavy atom. The second-order valence-electron chi connectivity index (χ2n) is 17.6. The lowest BCUT2D eigenvalue weighted by Crippen LogP contribution is -2.30. The van der Waals surface area contributed by atoms with E-state index in [-0.39, 0.29) is 19.3 Å². The molecule has 0 aromatic carbocycles. The molecule has 0 aromatic heterocycles. The first-order valence-electron chi connectivity index (χ1n) is 28.0. The maximum atomic E-state index is 12.9. The van der Waals surface area contributed by atoms with Crippen molar-refractivity contribution in [3.8, 4) is 0 Å². The molecule has 0 rings (SSSR count). The molecule has 11 nitrogen and oxygen atoms in total. The molecule has 0 heterocycles. The summed E-state index contributed by atoms with van der Waals surface area (Å²) >= 11 is 0. The van der Waals surface area contributed by atoms with E-state index < -0.39 is 64.4 Å². The van der Waals surface area contributed by atoms with Crippen molar-refractivity contribution in [2.24, 2.45) is 0 Å².